The number of benzene rings is 3. The van der Waals surface area contributed by atoms with Gasteiger partial charge in [0.05, 0.1) is 12.7 Å². The molecule has 140 valence electrons. The van der Waals surface area contributed by atoms with Crippen LogP contribution in [-0.4, -0.2) is 9.38 Å². The molecule has 0 fully saturated rings. The van der Waals surface area contributed by atoms with Gasteiger partial charge in [0.1, 0.15) is 5.65 Å². The summed E-state index contributed by atoms with van der Waals surface area (Å²) in [6.45, 7) is 0. The second kappa shape index (κ2) is 7.54. The smallest absolute Gasteiger partial charge is 0.138 e. The van der Waals surface area contributed by atoms with Crippen LogP contribution in [0.2, 0.25) is 0 Å². The van der Waals surface area contributed by atoms with E-state index in [1.165, 1.54) is 15.9 Å². The molecule has 0 spiro atoms. The molecule has 3 nitrogen and oxygen atoms in total. The summed E-state index contributed by atoms with van der Waals surface area (Å²) >= 11 is 0. The first-order valence-corrected chi connectivity index (χ1v) is 11.3. The molecule has 0 aliphatic carbocycles. The van der Waals surface area contributed by atoms with Gasteiger partial charge >= 0.3 is 0 Å². The first-order valence-electron chi connectivity index (χ1n) is 9.58. The van der Waals surface area contributed by atoms with Crippen molar-refractivity contribution in [1.82, 2.24) is 9.38 Å². The Bertz CT molecular complexity index is 1190. The monoisotopic (exact) mass is 393 g/mol. The Labute approximate surface area is 170 Å². The Kier molecular flexibility index (Phi) is 4.59. The highest BCUT2D eigenvalue weighted by molar-refractivity contribution is 7.87. The minimum absolute atomic E-state index is 0.901. The molecule has 0 aliphatic heterocycles. The van der Waals surface area contributed by atoms with Gasteiger partial charge in [-0.05, 0) is 6.07 Å². The third-order valence-corrected chi connectivity index (χ3v) is 8.70. The van der Waals surface area contributed by atoms with E-state index in [0.717, 1.165) is 11.3 Å². The maximum absolute atomic E-state index is 5.49. The molecule has 0 atom stereocenters. The zero-order chi connectivity index (χ0) is 19.5. The molecule has 5 aromatic rings. The van der Waals surface area contributed by atoms with E-state index in [1.54, 1.807) is 0 Å². The fourth-order valence-corrected chi connectivity index (χ4v) is 7.21. The molecule has 0 saturated carbocycles. The molecule has 2 heterocycles. The van der Waals surface area contributed by atoms with Crippen LogP contribution in [0.3, 0.4) is 0 Å². The SMILES string of the molecule is c1ccc(P(=Nc2ccn3ccnc3c2)(c2ccccc2)c2ccccc2)cc1. The zero-order valence-electron chi connectivity index (χ0n) is 15.8. The van der Waals surface area contributed by atoms with Gasteiger partial charge < -0.3 is 4.40 Å². The van der Waals surface area contributed by atoms with Crippen LogP contribution in [0.25, 0.3) is 5.65 Å². The molecule has 29 heavy (non-hydrogen) atoms. The van der Waals surface area contributed by atoms with Gasteiger partial charge in [-0.25, -0.2) is 4.98 Å². The Morgan fingerprint density at radius 3 is 1.66 bits per heavy atom. The number of nitrogens with zero attached hydrogens (tertiary/aromatic N) is 3. The van der Waals surface area contributed by atoms with E-state index in [1.807, 2.05) is 23.0 Å². The van der Waals surface area contributed by atoms with Crippen LogP contribution in [0.4, 0.5) is 5.69 Å². The maximum atomic E-state index is 5.49. The first-order chi connectivity index (χ1) is 14.4. The Balaban J connectivity index is 1.89. The summed E-state index contributed by atoms with van der Waals surface area (Å²) in [6, 6.07) is 36.1. The van der Waals surface area contributed by atoms with E-state index in [4.69, 9.17) is 4.74 Å². The fourth-order valence-electron chi connectivity index (χ4n) is 3.69. The minimum Gasteiger partial charge on any atom is -0.307 e. The topological polar surface area (TPSA) is 29.7 Å². The summed E-state index contributed by atoms with van der Waals surface area (Å²) in [5, 5.41) is 3.71. The van der Waals surface area contributed by atoms with Gasteiger partial charge in [0.15, 0.2) is 0 Å². The van der Waals surface area contributed by atoms with Crippen molar-refractivity contribution in [3.63, 3.8) is 0 Å². The van der Waals surface area contributed by atoms with Crippen molar-refractivity contribution >= 4 is 34.3 Å². The van der Waals surface area contributed by atoms with Crippen molar-refractivity contribution < 1.29 is 0 Å². The number of pyridine rings is 1. The number of imidazole rings is 1. The first kappa shape index (κ1) is 17.7. The highest BCUT2D eigenvalue weighted by atomic mass is 31.2. The lowest BCUT2D eigenvalue weighted by Gasteiger charge is -2.27. The third kappa shape index (κ3) is 3.20. The summed E-state index contributed by atoms with van der Waals surface area (Å²) in [5.41, 5.74) is 1.84. The number of hydrogen-bond acceptors (Lipinski definition) is 2. The van der Waals surface area contributed by atoms with Crippen molar-refractivity contribution in [3.05, 3.63) is 122 Å². The van der Waals surface area contributed by atoms with Crippen LogP contribution in [0.15, 0.2) is 126 Å². The maximum Gasteiger partial charge on any atom is 0.138 e. The van der Waals surface area contributed by atoms with Crippen molar-refractivity contribution in [2.75, 3.05) is 0 Å². The van der Waals surface area contributed by atoms with Gasteiger partial charge in [-0.3, -0.25) is 4.74 Å². The van der Waals surface area contributed by atoms with Crippen LogP contribution < -0.4 is 15.9 Å². The number of hydrogen-bond donors (Lipinski definition) is 0. The number of rotatable bonds is 4. The molecular formula is C25H20N3P. The van der Waals surface area contributed by atoms with E-state index < -0.39 is 7.05 Å². The van der Waals surface area contributed by atoms with Crippen LogP contribution in [-0.2, 0) is 0 Å². The van der Waals surface area contributed by atoms with Crippen LogP contribution in [0.5, 0.6) is 0 Å². The van der Waals surface area contributed by atoms with Gasteiger partial charge in [0, 0.05) is 40.6 Å². The van der Waals surface area contributed by atoms with Crippen molar-refractivity contribution in [2.45, 2.75) is 0 Å². The van der Waals surface area contributed by atoms with Gasteiger partial charge in [-0.15, -0.1) is 0 Å². The lowest BCUT2D eigenvalue weighted by molar-refractivity contribution is 1.18. The molecular weight excluding hydrogens is 373 g/mol. The van der Waals surface area contributed by atoms with E-state index in [9.17, 15) is 0 Å². The summed E-state index contributed by atoms with van der Waals surface area (Å²) in [4.78, 5) is 4.44. The van der Waals surface area contributed by atoms with E-state index >= 15 is 0 Å². The summed E-state index contributed by atoms with van der Waals surface area (Å²) < 4.78 is 7.49. The second-order valence-corrected chi connectivity index (χ2v) is 9.84. The molecule has 0 N–H and O–H groups in total. The van der Waals surface area contributed by atoms with E-state index in [-0.39, 0.29) is 0 Å². The third-order valence-electron chi connectivity index (χ3n) is 5.04. The molecule has 0 aliphatic rings. The number of fused-ring (bicyclic) bond motifs is 1. The zero-order valence-corrected chi connectivity index (χ0v) is 16.7. The molecule has 0 radical (unpaired) electrons. The number of aromatic nitrogens is 2. The van der Waals surface area contributed by atoms with Gasteiger partial charge in [-0.1, -0.05) is 91.0 Å². The lowest BCUT2D eigenvalue weighted by Crippen LogP contribution is -2.25. The highest BCUT2D eigenvalue weighted by Crippen LogP contribution is 2.49. The highest BCUT2D eigenvalue weighted by Gasteiger charge is 2.27. The Hall–Kier alpha value is -3.42. The Morgan fingerprint density at radius 1 is 0.621 bits per heavy atom. The lowest BCUT2D eigenvalue weighted by atomic mass is 10.4. The van der Waals surface area contributed by atoms with Crippen LogP contribution >= 0.6 is 7.05 Å². The molecule has 0 saturated heterocycles. The normalized spacial score (nSPS) is 11.4. The largest absolute Gasteiger partial charge is 0.307 e. The predicted octanol–water partition coefficient (Wildman–Crippen LogP) is 5.14. The van der Waals surface area contributed by atoms with Gasteiger partial charge in [0.25, 0.3) is 0 Å². The molecule has 3 aromatic carbocycles. The van der Waals surface area contributed by atoms with Crippen LogP contribution in [0, 0.1) is 0 Å². The standard InChI is InChI=1S/C25H20N3P/c1-4-10-22(11-5-1)29(23-12-6-2-7-13-23,24-14-8-3-9-15-24)27-21-16-18-28-19-17-26-25(28)20-21/h1-20H. The molecule has 0 amide bonds. The molecule has 5 rings (SSSR count). The van der Waals surface area contributed by atoms with Crippen LogP contribution in [0.1, 0.15) is 0 Å². The molecule has 0 bridgehead atoms. The molecule has 2 aromatic heterocycles. The Morgan fingerprint density at radius 2 is 1.14 bits per heavy atom. The fraction of sp³-hybridized carbons (Fsp3) is 0. The average Bonchev–Trinajstić information content (AvgIpc) is 3.27. The predicted molar refractivity (Wildman–Crippen MR) is 122 cm³/mol. The van der Waals surface area contributed by atoms with Crippen molar-refractivity contribution in [1.29, 1.82) is 0 Å². The van der Waals surface area contributed by atoms with Crippen molar-refractivity contribution in [3.8, 4) is 0 Å². The summed E-state index contributed by atoms with van der Waals surface area (Å²) in [6.07, 6.45) is 5.79. The quantitative estimate of drug-likeness (QED) is 0.389. The molecule has 4 heteroatoms. The molecule has 0 unspecified atom stereocenters. The van der Waals surface area contributed by atoms with E-state index in [2.05, 4.69) is 108 Å². The summed E-state index contributed by atoms with van der Waals surface area (Å²) in [5.74, 6) is 0. The van der Waals surface area contributed by atoms with E-state index in [0.29, 0.717) is 0 Å². The minimum atomic E-state index is -2.25. The van der Waals surface area contributed by atoms with Gasteiger partial charge in [-0.2, -0.15) is 0 Å². The van der Waals surface area contributed by atoms with Gasteiger partial charge in [0.2, 0.25) is 0 Å². The second-order valence-electron chi connectivity index (χ2n) is 6.82. The summed E-state index contributed by atoms with van der Waals surface area (Å²) in [7, 11) is -2.25. The average molecular weight is 393 g/mol. The van der Waals surface area contributed by atoms with Crippen molar-refractivity contribution in [2.24, 2.45) is 4.74 Å².